The highest BCUT2D eigenvalue weighted by Crippen LogP contribution is 2.78. The summed E-state index contributed by atoms with van der Waals surface area (Å²) in [4.78, 5) is 44.5. The molecule has 4 saturated heterocycles. The highest BCUT2D eigenvalue weighted by atomic mass is 16.6. The molecule has 5 atom stereocenters. The zero-order chi connectivity index (χ0) is 20.4. The second-order valence-electron chi connectivity index (χ2n) is 9.07. The molecule has 7 nitrogen and oxygen atoms in total. The summed E-state index contributed by atoms with van der Waals surface area (Å²) in [6.07, 6.45) is 2.11. The molecule has 5 aliphatic heterocycles. The molecule has 1 aromatic rings. The van der Waals surface area contributed by atoms with Crippen LogP contribution < -0.4 is 4.90 Å². The molecule has 0 aliphatic carbocycles. The van der Waals surface area contributed by atoms with Crippen LogP contribution in [0.25, 0.3) is 0 Å². The number of para-hydroxylation sites is 1. The number of anilines is 1. The van der Waals surface area contributed by atoms with Crippen molar-refractivity contribution in [1.82, 2.24) is 4.90 Å². The van der Waals surface area contributed by atoms with Gasteiger partial charge in [0.05, 0.1) is 24.0 Å². The molecule has 7 heteroatoms. The average Bonchev–Trinajstić information content (AvgIpc) is 3.33. The zero-order valence-corrected chi connectivity index (χ0v) is 16.9. The minimum atomic E-state index is -1.72. The number of carbonyl (C=O) groups excluding carboxylic acids is 3. The van der Waals surface area contributed by atoms with Crippen molar-refractivity contribution in [1.29, 1.82) is 0 Å². The summed E-state index contributed by atoms with van der Waals surface area (Å²) in [6.45, 7) is 2.52. The maximum absolute atomic E-state index is 14.1. The minimum Gasteiger partial charge on any atom is -0.466 e. The maximum Gasteiger partial charge on any atom is 0.348 e. The Morgan fingerprint density at radius 3 is 2.79 bits per heavy atom. The molecular formula is C22H24N2O5. The summed E-state index contributed by atoms with van der Waals surface area (Å²) in [5.41, 5.74) is -2.58. The van der Waals surface area contributed by atoms with Gasteiger partial charge in [-0.15, -0.1) is 0 Å². The lowest BCUT2D eigenvalue weighted by Crippen LogP contribution is -2.74. The number of ketones is 1. The highest BCUT2D eigenvalue weighted by Gasteiger charge is 2.96. The fraction of sp³-hybridized carbons (Fsp3) is 0.591. The van der Waals surface area contributed by atoms with Crippen molar-refractivity contribution in [2.45, 2.75) is 55.4 Å². The molecule has 29 heavy (non-hydrogen) atoms. The third-order valence-corrected chi connectivity index (χ3v) is 8.53. The van der Waals surface area contributed by atoms with Gasteiger partial charge in [0.1, 0.15) is 0 Å². The second kappa shape index (κ2) is 4.83. The Kier molecular flexibility index (Phi) is 2.91. The lowest BCUT2D eigenvalue weighted by molar-refractivity contribution is -0.210. The molecule has 0 saturated carbocycles. The van der Waals surface area contributed by atoms with Gasteiger partial charge in [0, 0.05) is 25.7 Å². The van der Waals surface area contributed by atoms with E-state index in [1.54, 1.807) is 4.90 Å². The highest BCUT2D eigenvalue weighted by molar-refractivity contribution is 6.17. The van der Waals surface area contributed by atoms with Crippen LogP contribution in [0.1, 0.15) is 38.2 Å². The van der Waals surface area contributed by atoms with Crippen LogP contribution in [0.5, 0.6) is 0 Å². The van der Waals surface area contributed by atoms with Crippen LogP contribution in [0.15, 0.2) is 24.3 Å². The molecule has 152 valence electrons. The number of methoxy groups -OCH3 is 1. The van der Waals surface area contributed by atoms with Crippen LogP contribution in [-0.4, -0.2) is 60.6 Å². The van der Waals surface area contributed by atoms with Gasteiger partial charge < -0.3 is 19.3 Å². The smallest absolute Gasteiger partial charge is 0.348 e. The summed E-state index contributed by atoms with van der Waals surface area (Å²) >= 11 is 0. The van der Waals surface area contributed by atoms with Gasteiger partial charge in [-0.05, 0) is 30.9 Å². The number of carbonyl (C=O) groups is 3. The van der Waals surface area contributed by atoms with Crippen molar-refractivity contribution < 1.29 is 23.9 Å². The van der Waals surface area contributed by atoms with Gasteiger partial charge in [-0.2, -0.15) is 0 Å². The van der Waals surface area contributed by atoms with Gasteiger partial charge in [-0.25, -0.2) is 4.79 Å². The number of fused-ring (bicyclic) bond motifs is 3. The first-order valence-electron chi connectivity index (χ1n) is 10.4. The van der Waals surface area contributed by atoms with Gasteiger partial charge in [0.2, 0.25) is 11.5 Å². The fourth-order valence-corrected chi connectivity index (χ4v) is 7.80. The summed E-state index contributed by atoms with van der Waals surface area (Å²) in [5, 5.41) is 0. The Morgan fingerprint density at radius 1 is 1.31 bits per heavy atom. The van der Waals surface area contributed by atoms with E-state index in [2.05, 4.69) is 0 Å². The molecule has 0 radical (unpaired) electrons. The first kappa shape index (κ1) is 17.4. The first-order valence-corrected chi connectivity index (χ1v) is 10.4. The van der Waals surface area contributed by atoms with E-state index in [-0.39, 0.29) is 18.1 Å². The number of Topliss-reactive ketones (excluding diaryl/α,β-unsaturated/α-hetero) is 1. The second-order valence-corrected chi connectivity index (χ2v) is 9.07. The molecule has 4 fully saturated rings. The molecule has 5 heterocycles. The quantitative estimate of drug-likeness (QED) is 0.555. The average molecular weight is 396 g/mol. The van der Waals surface area contributed by atoms with Gasteiger partial charge in [0.15, 0.2) is 11.5 Å². The number of piperidine rings is 1. The molecule has 2 spiro atoms. The standard InChI is InChI=1S/C22H24N2O5/c1-4-19-10-7-11-24-15(25)12-20-13-8-5-6-9-14(13)23(2)16(20)21(17(19)26,18(27)28-3)29-22(19,20)24/h5-6,8-9,16H,4,7,10-12H2,1-3H3/t16-,19+,20+,21?,22+/m1/s1. The monoisotopic (exact) mass is 396 g/mol. The first-order chi connectivity index (χ1) is 13.9. The number of ether oxygens (including phenoxy) is 2. The van der Waals surface area contributed by atoms with Crippen molar-refractivity contribution in [3.8, 4) is 0 Å². The predicted octanol–water partition coefficient (Wildman–Crippen LogP) is 1.39. The Labute approximate surface area is 168 Å². The molecule has 1 unspecified atom stereocenters. The molecule has 1 aromatic carbocycles. The Bertz CT molecular complexity index is 1010. The van der Waals surface area contributed by atoms with Crippen LogP contribution in [0.3, 0.4) is 0 Å². The normalized spacial score (nSPS) is 43.5. The van der Waals surface area contributed by atoms with Gasteiger partial charge in [-0.1, -0.05) is 25.1 Å². The SMILES string of the molecule is CC[C@@]12CCCN3C(=O)C[C@]45c6ccccc6N(C)[C@H]4C(C(=O)OC)(O[C@@]315)C2=O. The Morgan fingerprint density at radius 2 is 2.07 bits per heavy atom. The lowest BCUT2D eigenvalue weighted by Gasteiger charge is -2.56. The lowest BCUT2D eigenvalue weighted by atomic mass is 9.48. The maximum atomic E-state index is 14.1. The van der Waals surface area contributed by atoms with E-state index in [9.17, 15) is 14.4 Å². The predicted molar refractivity (Wildman–Crippen MR) is 102 cm³/mol. The number of hydrogen-bond donors (Lipinski definition) is 0. The third-order valence-electron chi connectivity index (χ3n) is 8.53. The minimum absolute atomic E-state index is 0.00536. The number of esters is 1. The molecule has 1 amide bonds. The summed E-state index contributed by atoms with van der Waals surface area (Å²) in [5.74, 6) is -0.852. The van der Waals surface area contributed by atoms with Crippen LogP contribution in [0.2, 0.25) is 0 Å². The topological polar surface area (TPSA) is 76.2 Å². The van der Waals surface area contributed by atoms with Crippen molar-refractivity contribution in [2.24, 2.45) is 5.41 Å². The van der Waals surface area contributed by atoms with Crippen molar-refractivity contribution in [2.75, 3.05) is 25.6 Å². The van der Waals surface area contributed by atoms with Crippen LogP contribution >= 0.6 is 0 Å². The van der Waals surface area contributed by atoms with Gasteiger partial charge in [0.25, 0.3) is 0 Å². The van der Waals surface area contributed by atoms with E-state index in [0.717, 1.165) is 17.7 Å². The van der Waals surface area contributed by atoms with Gasteiger partial charge >= 0.3 is 5.97 Å². The van der Waals surface area contributed by atoms with E-state index in [0.29, 0.717) is 19.4 Å². The van der Waals surface area contributed by atoms with Gasteiger partial charge in [-0.3, -0.25) is 9.59 Å². The molecule has 6 rings (SSSR count). The van der Waals surface area contributed by atoms with Crippen LogP contribution in [-0.2, 0) is 29.3 Å². The molecule has 2 bridgehead atoms. The third kappa shape index (κ3) is 1.33. The summed E-state index contributed by atoms with van der Waals surface area (Å²) < 4.78 is 11.9. The van der Waals surface area contributed by atoms with Crippen LogP contribution in [0.4, 0.5) is 5.69 Å². The van der Waals surface area contributed by atoms with E-state index < -0.39 is 34.2 Å². The van der Waals surface area contributed by atoms with Crippen molar-refractivity contribution >= 4 is 23.3 Å². The van der Waals surface area contributed by atoms with E-state index in [1.165, 1.54) is 7.11 Å². The van der Waals surface area contributed by atoms with E-state index in [1.807, 2.05) is 43.1 Å². The largest absolute Gasteiger partial charge is 0.466 e. The molecule has 0 aromatic heterocycles. The summed E-state index contributed by atoms with van der Waals surface area (Å²) in [6, 6.07) is 7.34. The molecular weight excluding hydrogens is 372 g/mol. The zero-order valence-electron chi connectivity index (χ0n) is 16.9. The summed E-state index contributed by atoms with van der Waals surface area (Å²) in [7, 11) is 3.19. The number of amides is 1. The fourth-order valence-electron chi connectivity index (χ4n) is 7.80. The van der Waals surface area contributed by atoms with Crippen LogP contribution in [0, 0.1) is 5.41 Å². The number of hydrogen-bond acceptors (Lipinski definition) is 6. The number of nitrogens with zero attached hydrogens (tertiary/aromatic N) is 2. The van der Waals surface area contributed by atoms with Crippen molar-refractivity contribution in [3.05, 3.63) is 29.8 Å². The number of likely N-dealkylation sites (N-methyl/N-ethyl adjacent to an activating group) is 1. The van der Waals surface area contributed by atoms with E-state index >= 15 is 0 Å². The van der Waals surface area contributed by atoms with Crippen molar-refractivity contribution in [3.63, 3.8) is 0 Å². The molecule has 5 aliphatic rings. The number of rotatable bonds is 2. The Balaban J connectivity index is 1.78. The molecule has 0 N–H and O–H groups in total. The number of benzene rings is 1. The Hall–Kier alpha value is -2.41. The van der Waals surface area contributed by atoms with E-state index in [4.69, 9.17) is 9.47 Å².